The summed E-state index contributed by atoms with van der Waals surface area (Å²) in [6.07, 6.45) is 14.2. The Morgan fingerprint density at radius 2 is 1.88 bits per heavy atom. The fraction of sp³-hybridized carbons (Fsp3) is 0.744. The van der Waals surface area contributed by atoms with Crippen molar-refractivity contribution in [3.63, 3.8) is 0 Å². The molecule has 2 bridgehead atoms. The van der Waals surface area contributed by atoms with E-state index in [0.29, 0.717) is 47.3 Å². The highest BCUT2D eigenvalue weighted by Gasteiger charge is 2.63. The molecule has 3 N–H and O–H groups in total. The lowest BCUT2D eigenvalue weighted by molar-refractivity contribution is -0.174. The molecule has 7 aliphatic rings. The van der Waals surface area contributed by atoms with Crippen LogP contribution in [0.3, 0.4) is 0 Å². The Bertz CT molecular complexity index is 1550. The molecule has 49 heavy (non-hydrogen) atoms. The minimum atomic E-state index is -0.577. The van der Waals surface area contributed by atoms with Gasteiger partial charge in [-0.1, -0.05) is 26.8 Å². The summed E-state index contributed by atoms with van der Waals surface area (Å²) in [6.45, 7) is 13.5. The van der Waals surface area contributed by atoms with Gasteiger partial charge in [0.15, 0.2) is 0 Å². The van der Waals surface area contributed by atoms with E-state index < -0.39 is 6.10 Å². The minimum Gasteiger partial charge on any atom is -0.497 e. The number of aryl methyl sites for hydroxylation is 1. The summed E-state index contributed by atoms with van der Waals surface area (Å²) in [5, 5.41) is 35.6. The maximum absolute atomic E-state index is 12.1. The lowest BCUT2D eigenvalue weighted by Crippen LogP contribution is -2.58. The minimum absolute atomic E-state index is 0.0370. The van der Waals surface area contributed by atoms with Crippen LogP contribution in [-0.4, -0.2) is 63.7 Å². The van der Waals surface area contributed by atoms with Gasteiger partial charge in [0.2, 0.25) is 0 Å². The molecule has 0 spiro atoms. The van der Waals surface area contributed by atoms with Gasteiger partial charge in [-0.05, 0) is 172 Å². The predicted octanol–water partition coefficient (Wildman–Crippen LogP) is 7.73. The van der Waals surface area contributed by atoms with Gasteiger partial charge in [-0.15, -0.1) is 6.58 Å². The zero-order valence-electron chi connectivity index (χ0n) is 30.6. The van der Waals surface area contributed by atoms with E-state index in [1.54, 1.807) is 7.11 Å². The first kappa shape index (κ1) is 34.1. The molecule has 4 aliphatic carbocycles. The lowest BCUT2D eigenvalue weighted by Gasteiger charge is -2.62. The van der Waals surface area contributed by atoms with Crippen LogP contribution in [0.15, 0.2) is 36.9 Å². The normalized spacial score (nSPS) is 44.1. The number of pyridine rings is 1. The summed E-state index contributed by atoms with van der Waals surface area (Å²) < 4.78 is 5.62. The molecule has 6 nitrogen and oxygen atoms in total. The molecule has 0 radical (unpaired) electrons. The number of nitrogens with zero attached hydrogens (tertiary/aromatic N) is 2. The summed E-state index contributed by atoms with van der Waals surface area (Å²) in [4.78, 5) is 7.66. The number of aliphatic hydroxyl groups excluding tert-OH is 3. The second-order valence-electron chi connectivity index (χ2n) is 18.2. The van der Waals surface area contributed by atoms with E-state index in [-0.39, 0.29) is 29.1 Å². The smallest absolute Gasteiger partial charge is 0.119 e. The van der Waals surface area contributed by atoms with Crippen molar-refractivity contribution in [2.75, 3.05) is 20.2 Å². The molecule has 1 unspecified atom stereocenters. The van der Waals surface area contributed by atoms with E-state index in [1.165, 1.54) is 32.1 Å². The Morgan fingerprint density at radius 1 is 1.04 bits per heavy atom. The molecule has 3 saturated heterocycles. The highest BCUT2D eigenvalue weighted by Crippen LogP contribution is 2.68. The Kier molecular flexibility index (Phi) is 8.98. The van der Waals surface area contributed by atoms with Gasteiger partial charge in [-0.2, -0.15) is 0 Å². The van der Waals surface area contributed by atoms with Gasteiger partial charge in [0.1, 0.15) is 5.75 Å². The number of ether oxygens (including phenoxy) is 1. The first-order valence-electron chi connectivity index (χ1n) is 19.9. The van der Waals surface area contributed by atoms with Crippen LogP contribution in [0.2, 0.25) is 0 Å². The monoisotopic (exact) mass is 670 g/mol. The highest BCUT2D eigenvalue weighted by atomic mass is 16.5. The number of fused-ring (bicyclic) bond motifs is 9. The molecular weight excluding hydrogens is 608 g/mol. The number of rotatable bonds is 8. The molecular formula is C43H62N2O4. The van der Waals surface area contributed by atoms with Crippen molar-refractivity contribution in [1.82, 2.24) is 9.88 Å². The second kappa shape index (κ2) is 12.9. The first-order chi connectivity index (χ1) is 23.5. The molecule has 2 aromatic rings. The number of piperidine rings is 3. The van der Waals surface area contributed by atoms with Gasteiger partial charge < -0.3 is 20.1 Å². The van der Waals surface area contributed by atoms with Gasteiger partial charge in [0.05, 0.1) is 30.9 Å². The molecule has 15 atom stereocenters. The summed E-state index contributed by atoms with van der Waals surface area (Å²) in [7, 11) is 1.70. The van der Waals surface area contributed by atoms with Crippen LogP contribution < -0.4 is 4.74 Å². The molecule has 4 heterocycles. The Hall–Kier alpha value is -1.99. The van der Waals surface area contributed by atoms with Crippen LogP contribution in [0, 0.1) is 58.2 Å². The summed E-state index contributed by atoms with van der Waals surface area (Å²) in [6, 6.07) is 8.41. The lowest BCUT2D eigenvalue weighted by atomic mass is 9.43. The third kappa shape index (κ3) is 5.52. The van der Waals surface area contributed by atoms with Crippen molar-refractivity contribution in [3.05, 3.63) is 48.2 Å². The molecule has 3 aliphatic heterocycles. The van der Waals surface area contributed by atoms with E-state index in [4.69, 9.17) is 9.72 Å². The van der Waals surface area contributed by atoms with Crippen LogP contribution >= 0.6 is 0 Å². The van der Waals surface area contributed by atoms with E-state index in [2.05, 4.69) is 56.5 Å². The standard InChI is InChI=1S/C43H62N2O4/c1-6-26-24-45-18-16-27(26)19-39(45)41(48)34-21-29(44-38-14-10-31(49-5)22-33(34)38)9-7-25(2)35-12-13-36-32-11-8-28-20-30(46)15-17-42(28,3)37(32)23-40(47)43(35,36)4/h6,10,14,21-22,25-28,30,32,35-37,39-41,46-48H,1,7-9,11-13,15-20,23-24H2,2-5H3/t25-,26+,27+,28-,30-,32+,35-,36+,37+,39+,40+,41-,42+,43-/m1/s1. The SMILES string of the molecule is C=C[C@H]1CN2CC[C@H]1C[C@H]2[C@H](O)c1cc(CC[C@@H](C)[C@H]2CC[C@H]3[C@@H]4CC[C@@H]5C[C@H](O)CC[C@]5(C)[C@H]4C[C@H](O)[C@]23C)nc2ccc(OC)cc12. The van der Waals surface area contributed by atoms with Crippen molar-refractivity contribution in [2.45, 2.75) is 122 Å². The molecule has 268 valence electrons. The molecule has 7 fully saturated rings. The van der Waals surface area contributed by atoms with Gasteiger partial charge in [0, 0.05) is 23.7 Å². The fourth-order valence-corrected chi connectivity index (χ4v) is 13.4. The van der Waals surface area contributed by atoms with E-state index in [1.807, 2.05) is 6.07 Å². The fourth-order valence-electron chi connectivity index (χ4n) is 13.4. The van der Waals surface area contributed by atoms with Crippen LogP contribution in [0.25, 0.3) is 10.9 Å². The van der Waals surface area contributed by atoms with Crippen LogP contribution in [-0.2, 0) is 6.42 Å². The van der Waals surface area contributed by atoms with Gasteiger partial charge in [-0.3, -0.25) is 9.88 Å². The third-order valence-electron chi connectivity index (χ3n) is 16.3. The number of methoxy groups -OCH3 is 1. The maximum Gasteiger partial charge on any atom is 0.119 e. The molecule has 6 heteroatoms. The first-order valence-corrected chi connectivity index (χ1v) is 19.9. The van der Waals surface area contributed by atoms with Crippen LogP contribution in [0.1, 0.15) is 109 Å². The number of aliphatic hydroxyl groups is 3. The van der Waals surface area contributed by atoms with Crippen LogP contribution in [0.5, 0.6) is 5.75 Å². The van der Waals surface area contributed by atoms with E-state index in [9.17, 15) is 15.3 Å². The summed E-state index contributed by atoms with van der Waals surface area (Å²) in [5.41, 5.74) is 3.21. The maximum atomic E-state index is 12.1. The molecule has 1 aromatic heterocycles. The van der Waals surface area contributed by atoms with Crippen molar-refractivity contribution in [2.24, 2.45) is 58.2 Å². The largest absolute Gasteiger partial charge is 0.497 e. The number of benzene rings is 1. The average Bonchev–Trinajstić information content (AvgIpc) is 3.49. The second-order valence-corrected chi connectivity index (χ2v) is 18.2. The van der Waals surface area contributed by atoms with E-state index in [0.717, 1.165) is 85.9 Å². The van der Waals surface area contributed by atoms with Gasteiger partial charge in [-0.25, -0.2) is 0 Å². The van der Waals surface area contributed by atoms with Crippen molar-refractivity contribution < 1.29 is 20.1 Å². The Balaban J connectivity index is 1.01. The summed E-state index contributed by atoms with van der Waals surface area (Å²) in [5.74, 6) is 5.40. The molecule has 9 rings (SSSR count). The Labute approximate surface area is 294 Å². The van der Waals surface area contributed by atoms with Gasteiger partial charge >= 0.3 is 0 Å². The molecule has 1 aromatic carbocycles. The highest BCUT2D eigenvalue weighted by molar-refractivity contribution is 5.84. The van der Waals surface area contributed by atoms with E-state index >= 15 is 0 Å². The summed E-state index contributed by atoms with van der Waals surface area (Å²) >= 11 is 0. The average molecular weight is 671 g/mol. The zero-order valence-corrected chi connectivity index (χ0v) is 30.6. The van der Waals surface area contributed by atoms with Crippen LogP contribution in [0.4, 0.5) is 0 Å². The number of hydrogen-bond donors (Lipinski definition) is 3. The van der Waals surface area contributed by atoms with Gasteiger partial charge in [0.25, 0.3) is 0 Å². The topological polar surface area (TPSA) is 86.1 Å². The van der Waals surface area contributed by atoms with Crippen molar-refractivity contribution in [1.29, 1.82) is 0 Å². The number of hydrogen-bond acceptors (Lipinski definition) is 6. The van der Waals surface area contributed by atoms with Crippen molar-refractivity contribution in [3.8, 4) is 5.75 Å². The Morgan fingerprint density at radius 3 is 2.63 bits per heavy atom. The zero-order chi connectivity index (χ0) is 34.2. The molecule has 0 amide bonds. The third-order valence-corrected chi connectivity index (χ3v) is 16.3. The quantitative estimate of drug-likeness (QED) is 0.249. The van der Waals surface area contributed by atoms with Crippen molar-refractivity contribution >= 4 is 10.9 Å². The number of aromatic nitrogens is 1. The molecule has 4 saturated carbocycles. The predicted molar refractivity (Wildman–Crippen MR) is 195 cm³/mol.